The summed E-state index contributed by atoms with van der Waals surface area (Å²) in [6, 6.07) is 16.0. The minimum atomic E-state index is -0.218. The summed E-state index contributed by atoms with van der Waals surface area (Å²) in [6.45, 7) is 0. The molecule has 0 unspecified atom stereocenters. The number of benzene rings is 2. The maximum absolute atomic E-state index is 8.79. The Bertz CT molecular complexity index is 868. The van der Waals surface area contributed by atoms with Crippen molar-refractivity contribution in [3.63, 3.8) is 0 Å². The third kappa shape index (κ3) is 4.37. The zero-order chi connectivity index (χ0) is 20.0. The molecule has 1 aliphatic rings. The molecule has 2 aromatic carbocycles. The van der Waals surface area contributed by atoms with E-state index in [1.165, 1.54) is 0 Å². The van der Waals surface area contributed by atoms with Crippen molar-refractivity contribution in [1.82, 2.24) is 5.32 Å². The largest absolute Gasteiger partial charge is 0.493 e. The van der Waals surface area contributed by atoms with Crippen LogP contribution in [-0.4, -0.2) is 19.3 Å². The van der Waals surface area contributed by atoms with E-state index in [1.54, 1.807) is 14.2 Å². The number of anilines is 1. The number of nitriles is 1. The first-order chi connectivity index (χ1) is 13.6. The normalized spacial score (nSPS) is 14.8. The standard InChI is InChI=1S/C22H25N3O2S/c1-26-19-10-7-17(15-20(19)27-2)22(12-3-4-13-22)25-21(28)24-18-8-5-16(6-9-18)11-14-23/h5-10,15H,3-4,11-13H2,1-2H3,(H2,24,25,28). The molecule has 0 amide bonds. The highest BCUT2D eigenvalue weighted by Gasteiger charge is 2.36. The van der Waals surface area contributed by atoms with Crippen LogP contribution in [0, 0.1) is 11.3 Å². The molecule has 146 valence electrons. The van der Waals surface area contributed by atoms with E-state index >= 15 is 0 Å². The highest BCUT2D eigenvalue weighted by atomic mass is 32.1. The number of nitrogens with one attached hydrogen (secondary N) is 2. The zero-order valence-corrected chi connectivity index (χ0v) is 17.1. The molecule has 0 aromatic heterocycles. The Morgan fingerprint density at radius 2 is 1.75 bits per heavy atom. The van der Waals surface area contributed by atoms with Crippen LogP contribution in [0.5, 0.6) is 11.5 Å². The molecule has 28 heavy (non-hydrogen) atoms. The third-order valence-electron chi connectivity index (χ3n) is 5.24. The van der Waals surface area contributed by atoms with Crippen molar-refractivity contribution < 1.29 is 9.47 Å². The lowest BCUT2D eigenvalue weighted by atomic mass is 9.88. The Morgan fingerprint density at radius 1 is 1.07 bits per heavy atom. The van der Waals surface area contributed by atoms with Crippen molar-refractivity contribution in [2.75, 3.05) is 19.5 Å². The molecule has 0 bridgehead atoms. The minimum Gasteiger partial charge on any atom is -0.493 e. The molecular formula is C22H25N3O2S. The molecule has 2 aromatic rings. The van der Waals surface area contributed by atoms with Gasteiger partial charge in [0.25, 0.3) is 0 Å². The second kappa shape index (κ2) is 8.94. The van der Waals surface area contributed by atoms with E-state index in [4.69, 9.17) is 27.0 Å². The Hall–Kier alpha value is -2.78. The van der Waals surface area contributed by atoms with Crippen LogP contribution in [-0.2, 0) is 12.0 Å². The van der Waals surface area contributed by atoms with E-state index in [9.17, 15) is 0 Å². The van der Waals surface area contributed by atoms with Gasteiger partial charge in [-0.05, 0) is 60.5 Å². The maximum Gasteiger partial charge on any atom is 0.171 e. The summed E-state index contributed by atoms with van der Waals surface area (Å²) in [4.78, 5) is 0. The van der Waals surface area contributed by atoms with Gasteiger partial charge in [-0.25, -0.2) is 0 Å². The van der Waals surface area contributed by atoms with Crippen LogP contribution in [0.1, 0.15) is 36.8 Å². The lowest BCUT2D eigenvalue weighted by molar-refractivity contribution is 0.350. The third-order valence-corrected chi connectivity index (χ3v) is 5.45. The average Bonchev–Trinajstić information content (AvgIpc) is 3.18. The minimum absolute atomic E-state index is 0.218. The summed E-state index contributed by atoms with van der Waals surface area (Å²) in [5, 5.41) is 16.2. The number of hydrogen-bond acceptors (Lipinski definition) is 4. The van der Waals surface area contributed by atoms with Crippen molar-refractivity contribution in [1.29, 1.82) is 5.26 Å². The van der Waals surface area contributed by atoms with Crippen LogP contribution < -0.4 is 20.1 Å². The Kier molecular flexibility index (Phi) is 6.37. The molecule has 2 N–H and O–H groups in total. The van der Waals surface area contributed by atoms with Gasteiger partial charge in [-0.3, -0.25) is 0 Å². The van der Waals surface area contributed by atoms with Crippen LogP contribution >= 0.6 is 12.2 Å². The molecular weight excluding hydrogens is 370 g/mol. The predicted molar refractivity (Wildman–Crippen MR) is 115 cm³/mol. The summed E-state index contributed by atoms with van der Waals surface area (Å²) in [5.74, 6) is 1.44. The summed E-state index contributed by atoms with van der Waals surface area (Å²) in [6.07, 6.45) is 4.71. The first-order valence-electron chi connectivity index (χ1n) is 9.38. The first-order valence-corrected chi connectivity index (χ1v) is 9.78. The van der Waals surface area contributed by atoms with Crippen LogP contribution in [0.25, 0.3) is 0 Å². The summed E-state index contributed by atoms with van der Waals surface area (Å²) < 4.78 is 10.9. The number of ether oxygens (including phenoxy) is 2. The molecule has 0 atom stereocenters. The van der Waals surface area contributed by atoms with E-state index in [-0.39, 0.29) is 5.54 Å². The highest BCUT2D eigenvalue weighted by Crippen LogP contribution is 2.41. The molecule has 0 aliphatic heterocycles. The van der Waals surface area contributed by atoms with Gasteiger partial charge in [0.2, 0.25) is 0 Å². The van der Waals surface area contributed by atoms with Crippen molar-refractivity contribution in [2.24, 2.45) is 0 Å². The fourth-order valence-corrected chi connectivity index (χ4v) is 4.09. The fourth-order valence-electron chi connectivity index (χ4n) is 3.78. The van der Waals surface area contributed by atoms with Crippen LogP contribution in [0.3, 0.4) is 0 Å². The molecule has 0 spiro atoms. The number of nitrogens with zero attached hydrogens (tertiary/aromatic N) is 1. The summed E-state index contributed by atoms with van der Waals surface area (Å²) >= 11 is 5.61. The van der Waals surface area contributed by atoms with Gasteiger partial charge in [0, 0.05) is 5.69 Å². The van der Waals surface area contributed by atoms with Gasteiger partial charge in [0.05, 0.1) is 32.2 Å². The van der Waals surface area contributed by atoms with Crippen molar-refractivity contribution in [3.05, 3.63) is 53.6 Å². The summed E-state index contributed by atoms with van der Waals surface area (Å²) in [7, 11) is 3.29. The van der Waals surface area contributed by atoms with Gasteiger partial charge in [0.1, 0.15) is 0 Å². The molecule has 1 aliphatic carbocycles. The Balaban J connectivity index is 1.77. The highest BCUT2D eigenvalue weighted by molar-refractivity contribution is 7.80. The molecule has 0 saturated heterocycles. The van der Waals surface area contributed by atoms with E-state index < -0.39 is 0 Å². The molecule has 5 nitrogen and oxygen atoms in total. The second-order valence-corrected chi connectivity index (χ2v) is 7.38. The van der Waals surface area contributed by atoms with Gasteiger partial charge >= 0.3 is 0 Å². The zero-order valence-electron chi connectivity index (χ0n) is 16.2. The van der Waals surface area contributed by atoms with Crippen molar-refractivity contribution in [2.45, 2.75) is 37.6 Å². The molecule has 1 saturated carbocycles. The van der Waals surface area contributed by atoms with Gasteiger partial charge < -0.3 is 20.1 Å². The number of rotatable bonds is 6. The molecule has 0 radical (unpaired) electrons. The van der Waals surface area contributed by atoms with Crippen LogP contribution in [0.4, 0.5) is 5.69 Å². The average molecular weight is 396 g/mol. The Labute approximate surface area is 171 Å². The number of methoxy groups -OCH3 is 2. The maximum atomic E-state index is 8.79. The smallest absolute Gasteiger partial charge is 0.171 e. The number of hydrogen-bond donors (Lipinski definition) is 2. The monoisotopic (exact) mass is 395 g/mol. The van der Waals surface area contributed by atoms with Gasteiger partial charge in [0.15, 0.2) is 16.6 Å². The van der Waals surface area contributed by atoms with Gasteiger partial charge in [-0.1, -0.05) is 31.0 Å². The second-order valence-electron chi connectivity index (χ2n) is 6.97. The molecule has 6 heteroatoms. The van der Waals surface area contributed by atoms with Gasteiger partial charge in [-0.2, -0.15) is 5.26 Å². The molecule has 0 heterocycles. The van der Waals surface area contributed by atoms with Gasteiger partial charge in [-0.15, -0.1) is 0 Å². The lowest BCUT2D eigenvalue weighted by Crippen LogP contribution is -2.45. The van der Waals surface area contributed by atoms with Crippen LogP contribution in [0.15, 0.2) is 42.5 Å². The van der Waals surface area contributed by atoms with Crippen molar-refractivity contribution in [3.8, 4) is 17.6 Å². The summed E-state index contributed by atoms with van der Waals surface area (Å²) in [5.41, 5.74) is 2.82. The first kappa shape index (κ1) is 20.0. The van der Waals surface area contributed by atoms with Crippen molar-refractivity contribution >= 4 is 23.0 Å². The van der Waals surface area contributed by atoms with E-state index in [1.807, 2.05) is 36.4 Å². The van der Waals surface area contributed by atoms with Crippen LogP contribution in [0.2, 0.25) is 0 Å². The predicted octanol–water partition coefficient (Wildman–Crippen LogP) is 4.53. The number of thiocarbonyl (C=S) groups is 1. The SMILES string of the molecule is COc1ccc(C2(NC(=S)Nc3ccc(CC#N)cc3)CCCC2)cc1OC. The fraction of sp³-hybridized carbons (Fsp3) is 0.364. The quantitative estimate of drug-likeness (QED) is 0.701. The Morgan fingerprint density at radius 3 is 2.36 bits per heavy atom. The molecule has 1 fully saturated rings. The lowest BCUT2D eigenvalue weighted by Gasteiger charge is -2.33. The van der Waals surface area contributed by atoms with E-state index in [2.05, 4.69) is 22.8 Å². The molecule has 3 rings (SSSR count). The topological polar surface area (TPSA) is 66.3 Å². The van der Waals surface area contributed by atoms with E-state index in [0.29, 0.717) is 11.5 Å². The van der Waals surface area contributed by atoms with E-state index in [0.717, 1.165) is 54.0 Å².